The maximum atomic E-state index is 13.0. The average molecular weight is 1610 g/mol. The number of benzene rings is 6. The first-order valence-electron chi connectivity index (χ1n) is 33.8. The number of thiophene rings is 1. The SMILES string of the molecule is Cc1c(CC(=O)N2CCN(c3ccc(S(=O)(=O)Nc4ccncn4)cc3)CC2)sc2ccc(Cl)cc12.O=C(CCCOc1ccc(Cl)cc1)N1CCN(c2ccc(S(=O)(=O)Nc3ccncn3)cc2)CC1.O=C(CCn1ccc2cccc(Cl)c21)N1CCN(c2ccc(S(=O)(=O)Nc3nccs3)cc2)C(=O)C1.[HH].[HH].[HH]. The lowest BCUT2D eigenvalue weighted by molar-refractivity contribution is -0.137. The van der Waals surface area contributed by atoms with Crippen LogP contribution in [0, 0.1) is 6.92 Å². The van der Waals surface area contributed by atoms with Crippen LogP contribution in [0.4, 0.5) is 33.8 Å². The Balaban J connectivity index is 0.000000187. The Morgan fingerprint density at radius 3 is 1.65 bits per heavy atom. The number of nitrogens with one attached hydrogen (secondary N) is 3. The van der Waals surface area contributed by atoms with Crippen molar-refractivity contribution >= 4 is 166 Å². The first-order chi connectivity index (χ1) is 51.5. The first kappa shape index (κ1) is 76.7. The van der Waals surface area contributed by atoms with Crippen LogP contribution in [0.5, 0.6) is 5.75 Å². The van der Waals surface area contributed by atoms with E-state index in [-0.39, 0.29) is 72.3 Å². The van der Waals surface area contributed by atoms with E-state index >= 15 is 0 Å². The van der Waals surface area contributed by atoms with E-state index in [0.717, 1.165) is 48.6 Å². The fourth-order valence-electron chi connectivity index (χ4n) is 12.1. The summed E-state index contributed by atoms with van der Waals surface area (Å²) in [6.07, 6.45) is 10.6. The third kappa shape index (κ3) is 19.8. The van der Waals surface area contributed by atoms with Gasteiger partial charge in [-0.15, -0.1) is 22.7 Å². The number of piperazine rings is 3. The van der Waals surface area contributed by atoms with E-state index in [1.165, 1.54) is 66.8 Å². The largest absolute Gasteiger partial charge is 0.494 e. The van der Waals surface area contributed by atoms with E-state index in [1.807, 2.05) is 70.0 Å². The molecule has 562 valence electrons. The van der Waals surface area contributed by atoms with Crippen molar-refractivity contribution in [2.45, 2.75) is 53.8 Å². The number of ether oxygens (including phenoxy) is 1. The van der Waals surface area contributed by atoms with Crippen LogP contribution >= 0.6 is 57.5 Å². The Kier molecular flexibility index (Phi) is 24.9. The minimum atomic E-state index is -3.77. The molecular weight excluding hydrogens is 1530 g/mol. The lowest BCUT2D eigenvalue weighted by Crippen LogP contribution is -2.52. The van der Waals surface area contributed by atoms with Crippen molar-refractivity contribution in [3.05, 3.63) is 220 Å². The van der Waals surface area contributed by atoms with Crippen LogP contribution in [0.2, 0.25) is 15.1 Å². The molecule has 14 rings (SSSR count). The molecular formula is C73H78Cl3N15O11S5. The summed E-state index contributed by atoms with van der Waals surface area (Å²) in [4.78, 5) is 83.1. The minimum absolute atomic E-state index is 0. The standard InChI is InChI=1S/C25H24ClN5O3S2.C24H22ClN5O4S2.C24H26ClN5O4S.3H2/c1-17-21-14-18(26)2-7-22(21)35-23(17)15-25(32)31-12-10-30(11-13-31)19-3-5-20(6-4-19)36(33,34)29-24-8-9-27-16-28-24;25-20-3-1-2-17-8-11-28(23(17)20)12-9-21(31)29-13-14-30(22(32)16-29)18-4-6-19(7-5-18)36(33,34)27-24-26-10-15-35-24;25-19-3-7-21(8-4-19)34-17-1-2-24(31)30-15-13-29(14-16-30)20-5-9-22(10-6-20)35(32,33)28-23-11-12-26-18-27-23;;;/h2-9,14,16H,10-13,15H2,1H3,(H,27,28,29);1-8,10-11,15H,9,12-14,16H2,(H,26,27);3-12,18H,1-2,13-17H2,(H,26,27,28);3*1H. The van der Waals surface area contributed by atoms with Crippen molar-refractivity contribution in [2.24, 2.45) is 0 Å². The van der Waals surface area contributed by atoms with Crippen molar-refractivity contribution in [1.82, 2.24) is 44.2 Å². The van der Waals surface area contributed by atoms with Gasteiger partial charge < -0.3 is 38.7 Å². The van der Waals surface area contributed by atoms with Crippen molar-refractivity contribution in [3.63, 3.8) is 0 Å². The Morgan fingerprint density at radius 2 is 1.10 bits per heavy atom. The Hall–Kier alpha value is -9.99. The molecule has 0 radical (unpaired) electrons. The third-order valence-electron chi connectivity index (χ3n) is 17.8. The molecule has 8 heterocycles. The van der Waals surface area contributed by atoms with E-state index < -0.39 is 30.1 Å². The van der Waals surface area contributed by atoms with Gasteiger partial charge in [0.2, 0.25) is 23.6 Å². The molecule has 26 nitrogen and oxygen atoms in total. The second-order valence-corrected chi connectivity index (χ2v) is 33.1. The summed E-state index contributed by atoms with van der Waals surface area (Å²) in [6.45, 7) is 8.84. The number of carbonyl (C=O) groups is 4. The van der Waals surface area contributed by atoms with Crippen LogP contribution in [0.1, 0.15) is 34.0 Å². The number of hydrogen-bond donors (Lipinski definition) is 3. The molecule has 0 saturated carbocycles. The van der Waals surface area contributed by atoms with E-state index in [2.05, 4.69) is 48.9 Å². The van der Waals surface area contributed by atoms with Gasteiger partial charge in [0.1, 0.15) is 36.6 Å². The number of halogens is 3. The van der Waals surface area contributed by atoms with Crippen molar-refractivity contribution in [2.75, 3.05) is 107 Å². The fraction of sp³-hybridized carbons (Fsp3) is 0.247. The van der Waals surface area contributed by atoms with Gasteiger partial charge in [0.05, 0.1) is 38.3 Å². The highest BCUT2D eigenvalue weighted by atomic mass is 35.5. The Morgan fingerprint density at radius 1 is 0.561 bits per heavy atom. The Labute approximate surface area is 646 Å². The van der Waals surface area contributed by atoms with Gasteiger partial charge in [-0.05, 0) is 164 Å². The zero-order valence-electron chi connectivity index (χ0n) is 57.5. The van der Waals surface area contributed by atoms with Gasteiger partial charge in [0.15, 0.2) is 5.13 Å². The van der Waals surface area contributed by atoms with E-state index in [9.17, 15) is 44.4 Å². The lowest BCUT2D eigenvalue weighted by atomic mass is 10.1. The summed E-state index contributed by atoms with van der Waals surface area (Å²) in [5.74, 6) is 1.06. The summed E-state index contributed by atoms with van der Waals surface area (Å²) in [5, 5.41) is 6.06. The fourth-order valence-corrected chi connectivity index (χ4v) is 17.7. The molecule has 107 heavy (non-hydrogen) atoms. The number of carbonyl (C=O) groups excluding carboxylic acids is 4. The van der Waals surface area contributed by atoms with Crippen LogP contribution in [0.25, 0.3) is 21.0 Å². The molecule has 5 aromatic heterocycles. The van der Waals surface area contributed by atoms with E-state index in [4.69, 9.17) is 39.5 Å². The molecule has 0 aliphatic carbocycles. The summed E-state index contributed by atoms with van der Waals surface area (Å²) in [6, 6.07) is 43.1. The van der Waals surface area contributed by atoms with Gasteiger partial charge in [0, 0.05) is 161 Å². The molecule has 6 aromatic carbocycles. The van der Waals surface area contributed by atoms with Crippen molar-refractivity contribution in [1.29, 1.82) is 0 Å². The van der Waals surface area contributed by atoms with Crippen LogP contribution < -0.4 is 33.6 Å². The van der Waals surface area contributed by atoms with E-state index in [0.29, 0.717) is 119 Å². The summed E-state index contributed by atoms with van der Waals surface area (Å²) >= 11 is 21.2. The molecule has 3 fully saturated rings. The number of para-hydroxylation sites is 1. The molecule has 4 amide bonds. The van der Waals surface area contributed by atoms with Gasteiger partial charge in [-0.25, -0.2) is 50.2 Å². The number of rotatable bonds is 22. The molecule has 0 spiro atoms. The van der Waals surface area contributed by atoms with Crippen molar-refractivity contribution in [3.8, 4) is 5.75 Å². The van der Waals surface area contributed by atoms with Crippen LogP contribution in [-0.2, 0) is 62.2 Å². The summed E-state index contributed by atoms with van der Waals surface area (Å²) < 4.78 is 91.5. The molecule has 3 aliphatic heterocycles. The summed E-state index contributed by atoms with van der Waals surface area (Å²) in [7, 11) is -11.3. The smallest absolute Gasteiger partial charge is 0.263 e. The van der Waals surface area contributed by atoms with Crippen LogP contribution in [-0.4, -0.2) is 172 Å². The highest BCUT2D eigenvalue weighted by Crippen LogP contribution is 2.34. The summed E-state index contributed by atoms with van der Waals surface area (Å²) in [5.41, 5.74) is 4.41. The average Bonchev–Trinajstić information content (AvgIpc) is 1.50. The van der Waals surface area contributed by atoms with Gasteiger partial charge in [-0.3, -0.25) is 33.3 Å². The maximum absolute atomic E-state index is 13.0. The highest BCUT2D eigenvalue weighted by Gasteiger charge is 2.30. The first-order valence-corrected chi connectivity index (χ1v) is 41.0. The van der Waals surface area contributed by atoms with Gasteiger partial charge >= 0.3 is 0 Å². The third-order valence-corrected chi connectivity index (χ3v) is 24.8. The molecule has 0 unspecified atom stereocenters. The monoisotopic (exact) mass is 1610 g/mol. The number of sulfonamides is 3. The number of thiazole rings is 1. The highest BCUT2D eigenvalue weighted by molar-refractivity contribution is 7.93. The zero-order valence-corrected chi connectivity index (χ0v) is 63.9. The predicted octanol–water partition coefficient (Wildman–Crippen LogP) is 12.3. The maximum Gasteiger partial charge on any atom is 0.263 e. The molecule has 34 heteroatoms. The zero-order chi connectivity index (χ0) is 75.2. The van der Waals surface area contributed by atoms with Gasteiger partial charge in [0.25, 0.3) is 30.1 Å². The number of amides is 4. The van der Waals surface area contributed by atoms with Gasteiger partial charge in [-0.1, -0.05) is 46.9 Å². The van der Waals surface area contributed by atoms with Crippen LogP contribution in [0.3, 0.4) is 0 Å². The molecule has 11 aromatic rings. The van der Waals surface area contributed by atoms with Crippen LogP contribution in [0.15, 0.2) is 209 Å². The number of hydrogen-bond acceptors (Lipinski definition) is 20. The number of anilines is 6. The van der Waals surface area contributed by atoms with Gasteiger partial charge in [-0.2, -0.15) is 0 Å². The number of aryl methyl sites for hydroxylation is 2. The Bertz CT molecular complexity index is 5300. The molecule has 0 atom stereocenters. The number of fused-ring (bicyclic) bond motifs is 2. The quantitative estimate of drug-likeness (QED) is 0.0531. The lowest BCUT2D eigenvalue weighted by Gasteiger charge is -2.36. The number of nitrogens with zero attached hydrogens (tertiary/aromatic N) is 12. The molecule has 3 aliphatic rings. The molecule has 3 N–H and O–H groups in total. The second-order valence-electron chi connectivity index (χ2n) is 24.7. The second kappa shape index (κ2) is 34.7. The molecule has 0 bridgehead atoms. The predicted molar refractivity (Wildman–Crippen MR) is 424 cm³/mol. The minimum Gasteiger partial charge on any atom is -0.494 e. The normalized spacial score (nSPS) is 14.2. The topological polar surface area (TPSA) is 305 Å². The number of aromatic nitrogens is 6. The van der Waals surface area contributed by atoms with E-state index in [1.54, 1.807) is 111 Å². The molecule has 3 saturated heterocycles. The van der Waals surface area contributed by atoms with Crippen molar-refractivity contribution < 1.29 is 53.4 Å².